The van der Waals surface area contributed by atoms with Crippen molar-refractivity contribution in [1.82, 2.24) is 0 Å². The van der Waals surface area contributed by atoms with Gasteiger partial charge < -0.3 is 9.47 Å². The van der Waals surface area contributed by atoms with E-state index in [0.29, 0.717) is 24.7 Å². The zero-order chi connectivity index (χ0) is 15.0. The molecule has 21 heavy (non-hydrogen) atoms. The van der Waals surface area contributed by atoms with Gasteiger partial charge in [0.25, 0.3) is 0 Å². The molecular formula is C15H9ClF2O3. The first-order valence-corrected chi connectivity index (χ1v) is 6.53. The molecule has 2 aromatic carbocycles. The van der Waals surface area contributed by atoms with E-state index in [-0.39, 0.29) is 16.1 Å². The molecule has 0 unspecified atom stereocenters. The summed E-state index contributed by atoms with van der Waals surface area (Å²) < 4.78 is 36.9. The number of rotatable bonds is 2. The summed E-state index contributed by atoms with van der Waals surface area (Å²) >= 11 is 6.05. The molecule has 1 aliphatic rings. The van der Waals surface area contributed by atoms with E-state index in [2.05, 4.69) is 0 Å². The van der Waals surface area contributed by atoms with E-state index in [1.165, 1.54) is 18.2 Å². The summed E-state index contributed by atoms with van der Waals surface area (Å²) in [6, 6.07) is 5.86. The zero-order valence-electron chi connectivity index (χ0n) is 10.7. The van der Waals surface area contributed by atoms with Gasteiger partial charge >= 0.3 is 0 Å². The summed E-state index contributed by atoms with van der Waals surface area (Å²) in [7, 11) is 0. The van der Waals surface area contributed by atoms with Crippen molar-refractivity contribution in [2.24, 2.45) is 0 Å². The van der Waals surface area contributed by atoms with Crippen molar-refractivity contribution in [2.45, 2.75) is 0 Å². The zero-order valence-corrected chi connectivity index (χ0v) is 11.4. The Morgan fingerprint density at radius 2 is 1.67 bits per heavy atom. The average molecular weight is 311 g/mol. The second-order valence-electron chi connectivity index (χ2n) is 4.43. The molecule has 1 heterocycles. The van der Waals surface area contributed by atoms with Crippen molar-refractivity contribution < 1.29 is 23.0 Å². The first-order chi connectivity index (χ1) is 10.1. The molecule has 3 rings (SSSR count). The standard InChI is InChI=1S/C15H9ClF2O3/c16-10-7-14-13(20-3-4-21-14)6-9(10)15(19)8-1-2-11(17)12(18)5-8/h1-2,5-7H,3-4H2. The number of carbonyl (C=O) groups excluding carboxylic acids is 1. The van der Waals surface area contributed by atoms with E-state index in [1.807, 2.05) is 0 Å². The van der Waals surface area contributed by atoms with Crippen LogP contribution in [-0.4, -0.2) is 19.0 Å². The maximum absolute atomic E-state index is 13.2. The average Bonchev–Trinajstić information content (AvgIpc) is 2.48. The fourth-order valence-electron chi connectivity index (χ4n) is 2.03. The van der Waals surface area contributed by atoms with Crippen LogP contribution in [0.5, 0.6) is 11.5 Å². The van der Waals surface area contributed by atoms with Gasteiger partial charge in [-0.3, -0.25) is 4.79 Å². The number of carbonyl (C=O) groups is 1. The lowest BCUT2D eigenvalue weighted by molar-refractivity contribution is 0.103. The minimum absolute atomic E-state index is 0.00692. The minimum Gasteiger partial charge on any atom is -0.486 e. The van der Waals surface area contributed by atoms with Gasteiger partial charge in [-0.2, -0.15) is 0 Å². The Morgan fingerprint density at radius 3 is 2.33 bits per heavy atom. The molecule has 0 amide bonds. The smallest absolute Gasteiger partial charge is 0.194 e. The summed E-state index contributed by atoms with van der Waals surface area (Å²) in [6.45, 7) is 0.771. The molecule has 0 saturated carbocycles. The number of ketones is 1. The Kier molecular flexibility index (Phi) is 3.51. The Hall–Kier alpha value is -2.14. The van der Waals surface area contributed by atoms with E-state index >= 15 is 0 Å². The van der Waals surface area contributed by atoms with Crippen molar-refractivity contribution in [3.8, 4) is 11.5 Å². The molecule has 0 saturated heterocycles. The third-order valence-corrected chi connectivity index (χ3v) is 3.37. The second-order valence-corrected chi connectivity index (χ2v) is 4.84. The maximum atomic E-state index is 13.2. The molecule has 0 bridgehead atoms. The number of halogens is 3. The van der Waals surface area contributed by atoms with Gasteiger partial charge in [0, 0.05) is 17.2 Å². The Bertz CT molecular complexity index is 731. The number of hydrogen-bond donors (Lipinski definition) is 0. The van der Waals surface area contributed by atoms with Crippen LogP contribution in [0.1, 0.15) is 15.9 Å². The quantitative estimate of drug-likeness (QED) is 0.795. The summed E-state index contributed by atoms with van der Waals surface area (Å²) in [5.74, 6) is -1.77. The van der Waals surface area contributed by atoms with Gasteiger partial charge in [-0.1, -0.05) is 11.6 Å². The van der Waals surface area contributed by atoms with Crippen molar-refractivity contribution >= 4 is 17.4 Å². The summed E-state index contributed by atoms with van der Waals surface area (Å²) in [5, 5.41) is 0.161. The van der Waals surface area contributed by atoms with Crippen LogP contribution >= 0.6 is 11.6 Å². The minimum atomic E-state index is -1.09. The maximum Gasteiger partial charge on any atom is 0.194 e. The Labute approximate surface area is 124 Å². The van der Waals surface area contributed by atoms with Crippen LogP contribution in [0.2, 0.25) is 5.02 Å². The largest absolute Gasteiger partial charge is 0.486 e. The van der Waals surface area contributed by atoms with Gasteiger partial charge in [-0.15, -0.1) is 0 Å². The molecule has 0 aromatic heterocycles. The van der Waals surface area contributed by atoms with Crippen LogP contribution in [0.3, 0.4) is 0 Å². The van der Waals surface area contributed by atoms with E-state index in [4.69, 9.17) is 21.1 Å². The number of ether oxygens (including phenoxy) is 2. The molecule has 0 aliphatic carbocycles. The van der Waals surface area contributed by atoms with E-state index < -0.39 is 17.4 Å². The Morgan fingerprint density at radius 1 is 1.00 bits per heavy atom. The normalized spacial score (nSPS) is 13.1. The van der Waals surface area contributed by atoms with Gasteiger partial charge in [-0.05, 0) is 24.3 Å². The number of benzene rings is 2. The number of hydrogen-bond acceptors (Lipinski definition) is 3. The molecule has 2 aromatic rings. The highest BCUT2D eigenvalue weighted by Crippen LogP contribution is 2.36. The van der Waals surface area contributed by atoms with Crippen LogP contribution in [0.4, 0.5) is 8.78 Å². The molecule has 0 N–H and O–H groups in total. The number of fused-ring (bicyclic) bond motifs is 1. The summed E-state index contributed by atoms with van der Waals surface area (Å²) in [6.07, 6.45) is 0. The van der Waals surface area contributed by atoms with Crippen LogP contribution in [0.15, 0.2) is 30.3 Å². The molecule has 0 radical (unpaired) electrons. The van der Waals surface area contributed by atoms with E-state index in [1.54, 1.807) is 0 Å². The lowest BCUT2D eigenvalue weighted by Crippen LogP contribution is -2.16. The van der Waals surface area contributed by atoms with Crippen LogP contribution < -0.4 is 9.47 Å². The van der Waals surface area contributed by atoms with Crippen LogP contribution in [0.25, 0.3) is 0 Å². The van der Waals surface area contributed by atoms with Gasteiger partial charge in [0.05, 0.1) is 5.02 Å². The fraction of sp³-hybridized carbons (Fsp3) is 0.133. The fourth-order valence-corrected chi connectivity index (χ4v) is 2.27. The van der Waals surface area contributed by atoms with Gasteiger partial charge in [0.1, 0.15) is 13.2 Å². The first kappa shape index (κ1) is 13.8. The highest BCUT2D eigenvalue weighted by molar-refractivity contribution is 6.35. The molecule has 108 valence electrons. The lowest BCUT2D eigenvalue weighted by Gasteiger charge is -2.19. The van der Waals surface area contributed by atoms with Crippen LogP contribution in [-0.2, 0) is 0 Å². The molecule has 0 fully saturated rings. The second kappa shape index (κ2) is 5.33. The topological polar surface area (TPSA) is 35.5 Å². The molecule has 1 aliphatic heterocycles. The monoisotopic (exact) mass is 310 g/mol. The summed E-state index contributed by atoms with van der Waals surface area (Å²) in [5.41, 5.74) is 0.152. The Balaban J connectivity index is 2.03. The molecule has 6 heteroatoms. The van der Waals surface area contributed by atoms with Crippen molar-refractivity contribution in [2.75, 3.05) is 13.2 Å². The summed E-state index contributed by atoms with van der Waals surface area (Å²) in [4.78, 5) is 12.3. The van der Waals surface area contributed by atoms with Crippen LogP contribution in [0, 0.1) is 11.6 Å². The third kappa shape index (κ3) is 2.56. The van der Waals surface area contributed by atoms with E-state index in [9.17, 15) is 13.6 Å². The van der Waals surface area contributed by atoms with Gasteiger partial charge in [0.15, 0.2) is 28.9 Å². The lowest BCUT2D eigenvalue weighted by atomic mass is 10.0. The third-order valence-electron chi connectivity index (χ3n) is 3.06. The highest BCUT2D eigenvalue weighted by atomic mass is 35.5. The SMILES string of the molecule is O=C(c1ccc(F)c(F)c1)c1cc2c(cc1Cl)OCCO2. The molecule has 3 nitrogen and oxygen atoms in total. The van der Waals surface area contributed by atoms with Gasteiger partial charge in [-0.25, -0.2) is 8.78 Å². The van der Waals surface area contributed by atoms with Gasteiger partial charge in [0.2, 0.25) is 0 Å². The van der Waals surface area contributed by atoms with Crippen molar-refractivity contribution in [3.63, 3.8) is 0 Å². The predicted octanol–water partition coefficient (Wildman–Crippen LogP) is 3.62. The van der Waals surface area contributed by atoms with Crippen molar-refractivity contribution in [3.05, 3.63) is 58.1 Å². The molecule has 0 atom stereocenters. The predicted molar refractivity (Wildman–Crippen MR) is 72.2 cm³/mol. The first-order valence-electron chi connectivity index (χ1n) is 6.15. The van der Waals surface area contributed by atoms with E-state index in [0.717, 1.165) is 12.1 Å². The highest BCUT2D eigenvalue weighted by Gasteiger charge is 2.20. The molecule has 0 spiro atoms. The van der Waals surface area contributed by atoms with Crippen molar-refractivity contribution in [1.29, 1.82) is 0 Å². The molecular weight excluding hydrogens is 302 g/mol.